The number of aryl methyl sites for hydroxylation is 1. The highest BCUT2D eigenvalue weighted by Gasteiger charge is 2.29. The van der Waals surface area contributed by atoms with Crippen molar-refractivity contribution in [2.24, 2.45) is 0 Å². The van der Waals surface area contributed by atoms with E-state index >= 15 is 0 Å². The molecule has 4 aromatic rings. The summed E-state index contributed by atoms with van der Waals surface area (Å²) in [5, 5.41) is 16.1. The summed E-state index contributed by atoms with van der Waals surface area (Å²) < 4.78 is 0. The predicted octanol–water partition coefficient (Wildman–Crippen LogP) is 7.35. The van der Waals surface area contributed by atoms with Gasteiger partial charge in [0.2, 0.25) is 5.95 Å². The first-order chi connectivity index (χ1) is 17.0. The maximum absolute atomic E-state index is 9.11. The van der Waals surface area contributed by atoms with Gasteiger partial charge in [-0.15, -0.1) is 0 Å². The van der Waals surface area contributed by atoms with E-state index in [1.54, 1.807) is 12.1 Å². The fraction of sp³-hybridized carbons (Fsp3) is 0.233. The Labute approximate surface area is 206 Å². The molecular formula is C30H29N5. The number of nitrogens with one attached hydrogen (secondary N) is 2. The molecule has 0 bridgehead atoms. The van der Waals surface area contributed by atoms with Gasteiger partial charge < -0.3 is 10.6 Å². The van der Waals surface area contributed by atoms with Crippen LogP contribution in [0.1, 0.15) is 65.6 Å². The molecule has 1 aromatic heterocycles. The van der Waals surface area contributed by atoms with Crippen LogP contribution < -0.4 is 10.6 Å². The SMILES string of the molecule is Cc1ccc(C(C)C)cc1Nc1nc(Nc2ccc(C#N)cc2)nc2c1CCC2c1ccccc1. The van der Waals surface area contributed by atoms with Crippen LogP contribution in [0.5, 0.6) is 0 Å². The van der Waals surface area contributed by atoms with Crippen LogP contribution >= 0.6 is 0 Å². The normalized spacial score (nSPS) is 14.4. The molecule has 1 aliphatic carbocycles. The largest absolute Gasteiger partial charge is 0.340 e. The van der Waals surface area contributed by atoms with Crippen molar-refractivity contribution in [3.05, 3.63) is 106 Å². The highest BCUT2D eigenvalue weighted by Crippen LogP contribution is 2.41. The van der Waals surface area contributed by atoms with Crippen molar-refractivity contribution in [3.8, 4) is 6.07 Å². The average molecular weight is 460 g/mol. The van der Waals surface area contributed by atoms with Crippen LogP contribution in [0.3, 0.4) is 0 Å². The van der Waals surface area contributed by atoms with E-state index in [0.717, 1.165) is 35.7 Å². The van der Waals surface area contributed by atoms with Crippen molar-refractivity contribution in [2.75, 3.05) is 10.6 Å². The molecule has 1 atom stereocenters. The molecule has 1 heterocycles. The second kappa shape index (κ2) is 9.60. The summed E-state index contributed by atoms with van der Waals surface area (Å²) in [7, 11) is 0. The van der Waals surface area contributed by atoms with Gasteiger partial charge in [-0.05, 0) is 72.7 Å². The smallest absolute Gasteiger partial charge is 0.229 e. The highest BCUT2D eigenvalue weighted by molar-refractivity contribution is 5.68. The number of benzene rings is 3. The molecule has 3 aromatic carbocycles. The van der Waals surface area contributed by atoms with Crippen molar-refractivity contribution in [1.82, 2.24) is 9.97 Å². The molecule has 0 saturated carbocycles. The molecule has 1 unspecified atom stereocenters. The lowest BCUT2D eigenvalue weighted by Gasteiger charge is -2.18. The zero-order chi connectivity index (χ0) is 24.4. The van der Waals surface area contributed by atoms with E-state index < -0.39 is 0 Å². The van der Waals surface area contributed by atoms with Gasteiger partial charge in [-0.3, -0.25) is 0 Å². The lowest BCUT2D eigenvalue weighted by Crippen LogP contribution is -2.08. The van der Waals surface area contributed by atoms with E-state index in [-0.39, 0.29) is 5.92 Å². The Morgan fingerprint density at radius 1 is 0.943 bits per heavy atom. The Hall–Kier alpha value is -4.17. The van der Waals surface area contributed by atoms with Gasteiger partial charge in [0.15, 0.2) is 0 Å². The van der Waals surface area contributed by atoms with E-state index in [0.29, 0.717) is 17.4 Å². The second-order valence-corrected chi connectivity index (χ2v) is 9.43. The van der Waals surface area contributed by atoms with Gasteiger partial charge in [-0.2, -0.15) is 10.2 Å². The Kier molecular flexibility index (Phi) is 6.20. The van der Waals surface area contributed by atoms with Gasteiger partial charge in [0.1, 0.15) is 5.82 Å². The molecule has 0 fully saturated rings. The number of nitrogens with zero attached hydrogens (tertiary/aromatic N) is 3. The van der Waals surface area contributed by atoms with E-state index in [1.807, 2.05) is 12.1 Å². The molecule has 0 aliphatic heterocycles. The number of rotatable bonds is 6. The van der Waals surface area contributed by atoms with Crippen molar-refractivity contribution in [1.29, 1.82) is 5.26 Å². The lowest BCUT2D eigenvalue weighted by molar-refractivity contribution is 0.772. The molecule has 35 heavy (non-hydrogen) atoms. The van der Waals surface area contributed by atoms with Gasteiger partial charge in [-0.1, -0.05) is 56.3 Å². The third-order valence-corrected chi connectivity index (χ3v) is 6.71. The topological polar surface area (TPSA) is 73.6 Å². The summed E-state index contributed by atoms with van der Waals surface area (Å²) in [6, 6.07) is 26.7. The van der Waals surface area contributed by atoms with Crippen molar-refractivity contribution in [2.45, 2.75) is 45.4 Å². The summed E-state index contributed by atoms with van der Waals surface area (Å²) in [6.45, 7) is 6.54. The fourth-order valence-corrected chi connectivity index (χ4v) is 4.65. The van der Waals surface area contributed by atoms with E-state index in [4.69, 9.17) is 15.2 Å². The zero-order valence-corrected chi connectivity index (χ0v) is 20.3. The Bertz CT molecular complexity index is 1390. The minimum absolute atomic E-state index is 0.236. The molecule has 174 valence electrons. The first-order valence-electron chi connectivity index (χ1n) is 12.1. The molecule has 0 amide bonds. The molecule has 5 heteroatoms. The summed E-state index contributed by atoms with van der Waals surface area (Å²) in [4.78, 5) is 9.92. The van der Waals surface area contributed by atoms with E-state index in [9.17, 15) is 0 Å². The lowest BCUT2D eigenvalue weighted by atomic mass is 9.97. The summed E-state index contributed by atoms with van der Waals surface area (Å²) in [5.74, 6) is 2.09. The van der Waals surface area contributed by atoms with E-state index in [1.165, 1.54) is 22.3 Å². The van der Waals surface area contributed by atoms with Gasteiger partial charge in [-0.25, -0.2) is 4.98 Å². The van der Waals surface area contributed by atoms with Crippen molar-refractivity contribution < 1.29 is 0 Å². The zero-order valence-electron chi connectivity index (χ0n) is 20.3. The molecule has 1 aliphatic rings. The molecule has 2 N–H and O–H groups in total. The Morgan fingerprint density at radius 3 is 2.43 bits per heavy atom. The third-order valence-electron chi connectivity index (χ3n) is 6.71. The van der Waals surface area contributed by atoms with Crippen LogP contribution in [-0.2, 0) is 6.42 Å². The van der Waals surface area contributed by atoms with Gasteiger partial charge in [0.25, 0.3) is 0 Å². The van der Waals surface area contributed by atoms with Gasteiger partial charge >= 0.3 is 0 Å². The van der Waals surface area contributed by atoms with E-state index in [2.05, 4.69) is 86.0 Å². The number of fused-ring (bicyclic) bond motifs is 1. The number of hydrogen-bond acceptors (Lipinski definition) is 5. The number of nitriles is 1. The standard InChI is InChI=1S/C30H29N5/c1-19(2)23-12-9-20(3)27(17-23)33-29-26-16-15-25(22-7-5-4-6-8-22)28(26)34-30(35-29)32-24-13-10-21(18-31)11-14-24/h4-14,17,19,25H,15-16H2,1-3H3,(H2,32,33,34,35). The minimum atomic E-state index is 0.236. The number of hydrogen-bond donors (Lipinski definition) is 2. The van der Waals surface area contributed by atoms with Crippen LogP contribution in [-0.4, -0.2) is 9.97 Å². The van der Waals surface area contributed by atoms with Crippen molar-refractivity contribution >= 4 is 23.1 Å². The molecular weight excluding hydrogens is 430 g/mol. The quantitative estimate of drug-likeness (QED) is 0.315. The summed E-state index contributed by atoms with van der Waals surface area (Å²) >= 11 is 0. The van der Waals surface area contributed by atoms with Gasteiger partial charge in [0.05, 0.1) is 17.3 Å². The van der Waals surface area contributed by atoms with Crippen LogP contribution in [0.25, 0.3) is 0 Å². The first-order valence-corrected chi connectivity index (χ1v) is 12.1. The van der Waals surface area contributed by atoms with Crippen LogP contribution in [0, 0.1) is 18.3 Å². The Balaban J connectivity index is 1.57. The number of aromatic nitrogens is 2. The maximum Gasteiger partial charge on any atom is 0.229 e. The summed E-state index contributed by atoms with van der Waals surface area (Å²) in [6.07, 6.45) is 1.94. The fourth-order valence-electron chi connectivity index (χ4n) is 4.65. The predicted molar refractivity (Wildman–Crippen MR) is 142 cm³/mol. The third kappa shape index (κ3) is 4.74. The molecule has 5 nitrogen and oxygen atoms in total. The van der Waals surface area contributed by atoms with Crippen LogP contribution in [0.4, 0.5) is 23.1 Å². The minimum Gasteiger partial charge on any atom is -0.340 e. The molecule has 0 radical (unpaired) electrons. The molecule has 0 spiro atoms. The average Bonchev–Trinajstić information content (AvgIpc) is 3.30. The van der Waals surface area contributed by atoms with Gasteiger partial charge in [0, 0.05) is 22.9 Å². The van der Waals surface area contributed by atoms with Crippen molar-refractivity contribution in [3.63, 3.8) is 0 Å². The second-order valence-electron chi connectivity index (χ2n) is 9.43. The monoisotopic (exact) mass is 459 g/mol. The Morgan fingerprint density at radius 2 is 1.71 bits per heavy atom. The molecule has 0 saturated heterocycles. The highest BCUT2D eigenvalue weighted by atomic mass is 15.2. The maximum atomic E-state index is 9.11. The number of anilines is 4. The molecule has 5 rings (SSSR count). The summed E-state index contributed by atoms with van der Waals surface area (Å²) in [5.41, 5.74) is 8.55. The van der Waals surface area contributed by atoms with Crippen LogP contribution in [0.2, 0.25) is 0 Å². The van der Waals surface area contributed by atoms with Crippen LogP contribution in [0.15, 0.2) is 72.8 Å². The first kappa shape index (κ1) is 22.6.